The molecule has 0 aliphatic heterocycles. The lowest BCUT2D eigenvalue weighted by atomic mass is 10.1. The summed E-state index contributed by atoms with van der Waals surface area (Å²) in [6.07, 6.45) is 3.05. The van der Waals surface area contributed by atoms with Crippen molar-refractivity contribution in [1.29, 1.82) is 0 Å². The number of aryl methyl sites for hydroxylation is 2. The summed E-state index contributed by atoms with van der Waals surface area (Å²) in [4.78, 5) is 3.36. The molecule has 6 heteroatoms. The number of nitrogens with one attached hydrogen (secondary N) is 1. The first-order valence-electron chi connectivity index (χ1n) is 7.29. The number of hydrogen-bond donors (Lipinski definition) is 1. The summed E-state index contributed by atoms with van der Waals surface area (Å²) in [7, 11) is 2.00. The second-order valence-electron chi connectivity index (χ2n) is 5.50. The lowest BCUT2D eigenvalue weighted by Gasteiger charge is -2.13. The van der Waals surface area contributed by atoms with Gasteiger partial charge in [0.2, 0.25) is 0 Å². The Morgan fingerprint density at radius 1 is 1.48 bits per heavy atom. The molecule has 0 bridgehead atoms. The van der Waals surface area contributed by atoms with Gasteiger partial charge in [0.1, 0.15) is 5.52 Å². The van der Waals surface area contributed by atoms with E-state index in [-0.39, 0.29) is 0 Å². The molecule has 3 heterocycles. The summed E-state index contributed by atoms with van der Waals surface area (Å²) in [6.45, 7) is 4.39. The maximum atomic E-state index is 5.55. The van der Waals surface area contributed by atoms with E-state index in [9.17, 15) is 0 Å². The largest absolute Gasteiger partial charge is 0.328 e. The first-order valence-corrected chi connectivity index (χ1v) is 8.64. The molecule has 0 amide bonds. The number of thiophene rings is 1. The summed E-state index contributed by atoms with van der Waals surface area (Å²) in [5.41, 5.74) is 4.68. The normalized spacial score (nSPS) is 13.1. The number of imidazole rings is 1. The van der Waals surface area contributed by atoms with Crippen LogP contribution in [0.15, 0.2) is 16.8 Å². The van der Waals surface area contributed by atoms with Gasteiger partial charge in [-0.05, 0) is 54.4 Å². The van der Waals surface area contributed by atoms with E-state index in [2.05, 4.69) is 45.3 Å². The molecule has 0 aromatic carbocycles. The molecule has 21 heavy (non-hydrogen) atoms. The van der Waals surface area contributed by atoms with Gasteiger partial charge in [0.15, 0.2) is 10.4 Å². The van der Waals surface area contributed by atoms with Crippen LogP contribution in [-0.4, -0.2) is 19.3 Å². The zero-order chi connectivity index (χ0) is 15.0. The van der Waals surface area contributed by atoms with Crippen molar-refractivity contribution in [2.45, 2.75) is 39.2 Å². The van der Waals surface area contributed by atoms with E-state index in [1.807, 2.05) is 11.7 Å². The van der Waals surface area contributed by atoms with Crippen molar-refractivity contribution in [3.05, 3.63) is 32.9 Å². The molecule has 0 radical (unpaired) electrons. The Balaban J connectivity index is 2.05. The van der Waals surface area contributed by atoms with Gasteiger partial charge < -0.3 is 4.98 Å². The number of aromatic amines is 1. The maximum Gasteiger partial charge on any atom is 0.179 e. The zero-order valence-corrected chi connectivity index (χ0v) is 14.2. The SMILES string of the molecule is CCCc1nn(C)c2c1[nH]c(=S)n2C(C)Cc1ccsc1. The van der Waals surface area contributed by atoms with Crippen molar-refractivity contribution < 1.29 is 0 Å². The Labute approximate surface area is 133 Å². The molecular formula is C15H20N4S2. The summed E-state index contributed by atoms with van der Waals surface area (Å²) in [5.74, 6) is 0. The molecule has 112 valence electrons. The van der Waals surface area contributed by atoms with Gasteiger partial charge in [0.25, 0.3) is 0 Å². The number of hydrogen-bond acceptors (Lipinski definition) is 3. The van der Waals surface area contributed by atoms with Crippen LogP contribution in [0.25, 0.3) is 11.2 Å². The Bertz CT molecular complexity index is 792. The number of H-pyrrole nitrogens is 1. The minimum Gasteiger partial charge on any atom is -0.328 e. The fourth-order valence-corrected chi connectivity index (χ4v) is 3.95. The lowest BCUT2D eigenvalue weighted by molar-refractivity contribution is 0.539. The number of nitrogens with zero attached hydrogens (tertiary/aromatic N) is 3. The first-order chi connectivity index (χ1) is 10.1. The number of aromatic nitrogens is 4. The highest BCUT2D eigenvalue weighted by molar-refractivity contribution is 7.71. The Kier molecular flexibility index (Phi) is 3.99. The van der Waals surface area contributed by atoms with E-state index < -0.39 is 0 Å². The van der Waals surface area contributed by atoms with Gasteiger partial charge in [-0.3, -0.25) is 9.25 Å². The second kappa shape index (κ2) is 5.77. The summed E-state index contributed by atoms with van der Waals surface area (Å²) < 4.78 is 4.95. The Hall–Kier alpha value is -1.40. The molecule has 3 aromatic rings. The van der Waals surface area contributed by atoms with Gasteiger partial charge in [-0.2, -0.15) is 16.4 Å². The van der Waals surface area contributed by atoms with Crippen LogP contribution in [0, 0.1) is 4.77 Å². The number of rotatable bonds is 5. The maximum absolute atomic E-state index is 5.55. The first kappa shape index (κ1) is 14.5. The van der Waals surface area contributed by atoms with Gasteiger partial charge in [0.05, 0.1) is 5.69 Å². The third-order valence-corrected chi connectivity index (χ3v) is 4.84. The number of fused-ring (bicyclic) bond motifs is 1. The van der Waals surface area contributed by atoms with Crippen LogP contribution < -0.4 is 0 Å². The average molecular weight is 320 g/mol. The molecule has 1 N–H and O–H groups in total. The van der Waals surface area contributed by atoms with E-state index in [1.165, 1.54) is 5.56 Å². The van der Waals surface area contributed by atoms with Gasteiger partial charge >= 0.3 is 0 Å². The van der Waals surface area contributed by atoms with Crippen LogP contribution in [0.5, 0.6) is 0 Å². The third-order valence-electron chi connectivity index (χ3n) is 3.81. The molecule has 0 spiro atoms. The van der Waals surface area contributed by atoms with Crippen molar-refractivity contribution in [3.8, 4) is 0 Å². The van der Waals surface area contributed by atoms with Gasteiger partial charge in [0, 0.05) is 13.1 Å². The Morgan fingerprint density at radius 3 is 2.95 bits per heavy atom. The topological polar surface area (TPSA) is 38.5 Å². The van der Waals surface area contributed by atoms with Gasteiger partial charge in [-0.15, -0.1) is 0 Å². The minimum atomic E-state index is 0.311. The van der Waals surface area contributed by atoms with E-state index in [1.54, 1.807) is 11.3 Å². The molecule has 1 atom stereocenters. The molecule has 3 rings (SSSR count). The van der Waals surface area contributed by atoms with Crippen molar-refractivity contribution in [1.82, 2.24) is 19.3 Å². The average Bonchev–Trinajstić information content (AvgIpc) is 3.10. The molecule has 3 aromatic heterocycles. The van der Waals surface area contributed by atoms with E-state index in [0.29, 0.717) is 6.04 Å². The smallest absolute Gasteiger partial charge is 0.179 e. The van der Waals surface area contributed by atoms with E-state index in [0.717, 1.165) is 40.9 Å². The van der Waals surface area contributed by atoms with Crippen LogP contribution >= 0.6 is 23.6 Å². The summed E-state index contributed by atoms with van der Waals surface area (Å²) in [6, 6.07) is 2.49. The predicted octanol–water partition coefficient (Wildman–Crippen LogP) is 4.25. The summed E-state index contributed by atoms with van der Waals surface area (Å²) >= 11 is 7.29. The molecule has 0 fully saturated rings. The van der Waals surface area contributed by atoms with Crippen LogP contribution in [0.3, 0.4) is 0 Å². The van der Waals surface area contributed by atoms with Crippen molar-refractivity contribution in [2.24, 2.45) is 7.05 Å². The highest BCUT2D eigenvalue weighted by Gasteiger charge is 2.18. The fourth-order valence-electron chi connectivity index (χ4n) is 2.90. The van der Waals surface area contributed by atoms with Crippen LogP contribution in [0.1, 0.15) is 37.6 Å². The quantitative estimate of drug-likeness (QED) is 0.714. The molecular weight excluding hydrogens is 300 g/mol. The van der Waals surface area contributed by atoms with E-state index in [4.69, 9.17) is 12.2 Å². The lowest BCUT2D eigenvalue weighted by Crippen LogP contribution is -2.10. The second-order valence-corrected chi connectivity index (χ2v) is 6.67. The zero-order valence-electron chi connectivity index (χ0n) is 12.6. The van der Waals surface area contributed by atoms with Gasteiger partial charge in [-0.25, -0.2) is 0 Å². The van der Waals surface area contributed by atoms with Gasteiger partial charge in [-0.1, -0.05) is 13.3 Å². The highest BCUT2D eigenvalue weighted by Crippen LogP contribution is 2.25. The molecule has 0 aliphatic carbocycles. The summed E-state index contributed by atoms with van der Waals surface area (Å²) in [5, 5.41) is 8.97. The van der Waals surface area contributed by atoms with Crippen LogP contribution in [0.4, 0.5) is 0 Å². The molecule has 4 nitrogen and oxygen atoms in total. The molecule has 0 saturated carbocycles. The van der Waals surface area contributed by atoms with Crippen molar-refractivity contribution in [2.75, 3.05) is 0 Å². The highest BCUT2D eigenvalue weighted by atomic mass is 32.1. The Morgan fingerprint density at radius 2 is 2.29 bits per heavy atom. The van der Waals surface area contributed by atoms with Crippen molar-refractivity contribution >= 4 is 34.7 Å². The van der Waals surface area contributed by atoms with Crippen LogP contribution in [0.2, 0.25) is 0 Å². The standard InChI is InChI=1S/C15H20N4S2/c1-4-5-12-13-14(18(3)17-12)19(15(20)16-13)10(2)8-11-6-7-21-9-11/h6-7,9-10H,4-5,8H2,1-3H3,(H,16,20). The molecule has 1 unspecified atom stereocenters. The van der Waals surface area contributed by atoms with E-state index >= 15 is 0 Å². The van der Waals surface area contributed by atoms with Crippen LogP contribution in [-0.2, 0) is 19.9 Å². The predicted molar refractivity (Wildman–Crippen MR) is 90.6 cm³/mol. The van der Waals surface area contributed by atoms with Crippen molar-refractivity contribution in [3.63, 3.8) is 0 Å². The third kappa shape index (κ3) is 2.58. The molecule has 0 saturated heterocycles. The monoisotopic (exact) mass is 320 g/mol. The molecule has 0 aliphatic rings. The fraction of sp³-hybridized carbons (Fsp3) is 0.467. The minimum absolute atomic E-state index is 0.311.